The van der Waals surface area contributed by atoms with E-state index in [0.717, 1.165) is 18.4 Å². The van der Waals surface area contributed by atoms with Gasteiger partial charge in [-0.3, -0.25) is 4.79 Å². The van der Waals surface area contributed by atoms with Gasteiger partial charge in [0.25, 0.3) is 5.91 Å². The Morgan fingerprint density at radius 3 is 2.71 bits per heavy atom. The fraction of sp³-hybridized carbons (Fsp3) is 0.462. The Labute approximate surface area is 112 Å². The van der Waals surface area contributed by atoms with Crippen LogP contribution in [0.3, 0.4) is 0 Å². The van der Waals surface area contributed by atoms with Gasteiger partial charge in [-0.05, 0) is 50.5 Å². The fourth-order valence-corrected chi connectivity index (χ4v) is 2.00. The zero-order valence-electron chi connectivity index (χ0n) is 10.1. The first-order chi connectivity index (χ1) is 7.99. The Morgan fingerprint density at radius 2 is 2.12 bits per heavy atom. The van der Waals surface area contributed by atoms with Crippen molar-refractivity contribution in [2.75, 3.05) is 6.54 Å². The maximum atomic E-state index is 11.8. The molecule has 2 nitrogen and oxygen atoms in total. The van der Waals surface area contributed by atoms with Crippen molar-refractivity contribution in [2.45, 2.75) is 32.1 Å². The second-order valence-corrected chi connectivity index (χ2v) is 5.38. The summed E-state index contributed by atoms with van der Waals surface area (Å²) >= 11 is 11.7. The lowest BCUT2D eigenvalue weighted by molar-refractivity contribution is 0.0953. The summed E-state index contributed by atoms with van der Waals surface area (Å²) in [6.45, 7) is 4.50. The number of amides is 1. The molecule has 1 atom stereocenters. The average Bonchev–Trinajstić information content (AvgIpc) is 2.22. The van der Waals surface area contributed by atoms with Crippen LogP contribution in [0.1, 0.15) is 35.7 Å². The molecule has 0 heterocycles. The van der Waals surface area contributed by atoms with E-state index in [4.69, 9.17) is 23.2 Å². The van der Waals surface area contributed by atoms with E-state index in [1.54, 1.807) is 6.07 Å². The maximum Gasteiger partial charge on any atom is 0.251 e. The molecule has 1 rings (SSSR count). The number of carbonyl (C=O) groups excluding carboxylic acids is 1. The third-order valence-electron chi connectivity index (χ3n) is 2.37. The highest BCUT2D eigenvalue weighted by Crippen LogP contribution is 2.14. The molecule has 0 bridgehead atoms. The molecule has 1 N–H and O–H groups in total. The quantitative estimate of drug-likeness (QED) is 0.642. The molecule has 0 aliphatic carbocycles. The van der Waals surface area contributed by atoms with Crippen LogP contribution in [0, 0.1) is 6.92 Å². The predicted octanol–water partition coefficient (Wildman–Crippen LogP) is 3.79. The average molecular weight is 274 g/mol. The van der Waals surface area contributed by atoms with Crippen molar-refractivity contribution in [1.29, 1.82) is 0 Å². The van der Waals surface area contributed by atoms with Gasteiger partial charge < -0.3 is 5.32 Å². The van der Waals surface area contributed by atoms with Crippen LogP contribution in [0.4, 0.5) is 0 Å². The summed E-state index contributed by atoms with van der Waals surface area (Å²) in [7, 11) is 0. The molecular formula is C13H17Cl2NO. The number of benzene rings is 1. The van der Waals surface area contributed by atoms with Crippen LogP contribution >= 0.6 is 23.2 Å². The standard InChI is InChI=1S/C13H17Cl2NO/c1-9-6-11(8-12(15)7-9)13(17)16-5-3-4-10(2)14/h6-8,10H,3-5H2,1-2H3,(H,16,17). The molecule has 0 saturated carbocycles. The van der Waals surface area contributed by atoms with Gasteiger partial charge in [-0.15, -0.1) is 11.6 Å². The molecule has 1 aromatic carbocycles. The summed E-state index contributed by atoms with van der Waals surface area (Å²) in [5.41, 5.74) is 1.59. The summed E-state index contributed by atoms with van der Waals surface area (Å²) < 4.78 is 0. The lowest BCUT2D eigenvalue weighted by Gasteiger charge is -2.07. The van der Waals surface area contributed by atoms with Gasteiger partial charge in [-0.1, -0.05) is 11.6 Å². The smallest absolute Gasteiger partial charge is 0.251 e. The van der Waals surface area contributed by atoms with E-state index >= 15 is 0 Å². The maximum absolute atomic E-state index is 11.8. The van der Waals surface area contributed by atoms with Gasteiger partial charge in [-0.25, -0.2) is 0 Å². The third kappa shape index (κ3) is 5.42. The van der Waals surface area contributed by atoms with Crippen LogP contribution in [0.25, 0.3) is 0 Å². The van der Waals surface area contributed by atoms with Crippen molar-refractivity contribution in [3.63, 3.8) is 0 Å². The Balaban J connectivity index is 2.47. The lowest BCUT2D eigenvalue weighted by Crippen LogP contribution is -2.24. The predicted molar refractivity (Wildman–Crippen MR) is 73.1 cm³/mol. The monoisotopic (exact) mass is 273 g/mol. The van der Waals surface area contributed by atoms with E-state index < -0.39 is 0 Å². The van der Waals surface area contributed by atoms with Gasteiger partial charge in [0.2, 0.25) is 0 Å². The van der Waals surface area contributed by atoms with E-state index in [1.165, 1.54) is 0 Å². The number of carbonyl (C=O) groups is 1. The summed E-state index contributed by atoms with van der Waals surface area (Å²) in [5, 5.41) is 3.59. The van der Waals surface area contributed by atoms with Crippen LogP contribution < -0.4 is 5.32 Å². The second-order valence-electron chi connectivity index (χ2n) is 4.20. The Kier molecular flexibility index (Phi) is 5.79. The van der Waals surface area contributed by atoms with Crippen LogP contribution in [0.2, 0.25) is 5.02 Å². The van der Waals surface area contributed by atoms with Crippen molar-refractivity contribution in [1.82, 2.24) is 5.32 Å². The Morgan fingerprint density at radius 1 is 1.41 bits per heavy atom. The van der Waals surface area contributed by atoms with Gasteiger partial charge in [0.05, 0.1) is 0 Å². The summed E-state index contributed by atoms with van der Waals surface area (Å²) in [6.07, 6.45) is 1.78. The number of alkyl halides is 1. The molecule has 4 heteroatoms. The van der Waals surface area contributed by atoms with E-state index in [-0.39, 0.29) is 11.3 Å². The van der Waals surface area contributed by atoms with E-state index in [0.29, 0.717) is 17.1 Å². The molecule has 0 radical (unpaired) electrons. The molecule has 17 heavy (non-hydrogen) atoms. The van der Waals surface area contributed by atoms with Gasteiger partial charge in [-0.2, -0.15) is 0 Å². The zero-order chi connectivity index (χ0) is 12.8. The van der Waals surface area contributed by atoms with Crippen LogP contribution in [0.5, 0.6) is 0 Å². The van der Waals surface area contributed by atoms with Gasteiger partial charge in [0, 0.05) is 22.5 Å². The number of hydrogen-bond acceptors (Lipinski definition) is 1. The highest BCUT2D eigenvalue weighted by Gasteiger charge is 2.06. The number of nitrogens with one attached hydrogen (secondary N) is 1. The van der Waals surface area contributed by atoms with Crippen molar-refractivity contribution in [3.05, 3.63) is 34.3 Å². The lowest BCUT2D eigenvalue weighted by atomic mass is 10.1. The molecule has 1 unspecified atom stereocenters. The molecule has 1 aromatic rings. The first-order valence-electron chi connectivity index (χ1n) is 5.68. The second kappa shape index (κ2) is 6.87. The van der Waals surface area contributed by atoms with E-state index in [9.17, 15) is 4.79 Å². The van der Waals surface area contributed by atoms with E-state index in [2.05, 4.69) is 5.32 Å². The Bertz CT molecular complexity index is 371. The van der Waals surface area contributed by atoms with Crippen LogP contribution in [0.15, 0.2) is 18.2 Å². The fourth-order valence-electron chi connectivity index (χ4n) is 1.55. The summed E-state index contributed by atoms with van der Waals surface area (Å²) in [5.74, 6) is -0.0853. The summed E-state index contributed by atoms with van der Waals surface area (Å²) in [4.78, 5) is 11.8. The minimum absolute atomic E-state index is 0.0853. The first-order valence-corrected chi connectivity index (χ1v) is 6.50. The minimum atomic E-state index is -0.0853. The van der Waals surface area contributed by atoms with Crippen molar-refractivity contribution in [3.8, 4) is 0 Å². The van der Waals surface area contributed by atoms with Crippen molar-refractivity contribution in [2.24, 2.45) is 0 Å². The van der Waals surface area contributed by atoms with Crippen molar-refractivity contribution >= 4 is 29.1 Å². The summed E-state index contributed by atoms with van der Waals surface area (Å²) in [6, 6.07) is 5.33. The molecule has 0 aromatic heterocycles. The number of rotatable bonds is 5. The largest absolute Gasteiger partial charge is 0.352 e. The first kappa shape index (κ1) is 14.3. The van der Waals surface area contributed by atoms with Gasteiger partial charge in [0.15, 0.2) is 0 Å². The SMILES string of the molecule is Cc1cc(Cl)cc(C(=O)NCCCC(C)Cl)c1. The Hall–Kier alpha value is -0.730. The van der Waals surface area contributed by atoms with Crippen LogP contribution in [-0.2, 0) is 0 Å². The normalized spacial score (nSPS) is 12.2. The molecule has 0 fully saturated rings. The molecule has 0 saturated heterocycles. The molecule has 94 valence electrons. The van der Waals surface area contributed by atoms with Crippen molar-refractivity contribution < 1.29 is 4.79 Å². The van der Waals surface area contributed by atoms with Gasteiger partial charge in [0.1, 0.15) is 0 Å². The topological polar surface area (TPSA) is 29.1 Å². The third-order valence-corrected chi connectivity index (χ3v) is 2.80. The van der Waals surface area contributed by atoms with Crippen LogP contribution in [-0.4, -0.2) is 17.8 Å². The van der Waals surface area contributed by atoms with Gasteiger partial charge >= 0.3 is 0 Å². The molecule has 0 aliphatic rings. The molecule has 0 spiro atoms. The molecular weight excluding hydrogens is 257 g/mol. The molecule has 1 amide bonds. The van der Waals surface area contributed by atoms with E-state index in [1.807, 2.05) is 26.0 Å². The number of hydrogen-bond donors (Lipinski definition) is 1. The number of aryl methyl sites for hydroxylation is 1. The number of halogens is 2. The highest BCUT2D eigenvalue weighted by molar-refractivity contribution is 6.31. The molecule has 0 aliphatic heterocycles. The highest BCUT2D eigenvalue weighted by atomic mass is 35.5. The zero-order valence-corrected chi connectivity index (χ0v) is 11.6. The minimum Gasteiger partial charge on any atom is -0.352 e.